The Labute approximate surface area is 112 Å². The van der Waals surface area contributed by atoms with E-state index in [2.05, 4.69) is 14.7 Å². The van der Waals surface area contributed by atoms with Gasteiger partial charge in [-0.1, -0.05) is 0 Å². The first-order valence-electron chi connectivity index (χ1n) is 5.57. The third-order valence-corrected chi connectivity index (χ3v) is 3.18. The summed E-state index contributed by atoms with van der Waals surface area (Å²) in [4.78, 5) is 27.5. The van der Waals surface area contributed by atoms with Crippen molar-refractivity contribution in [3.63, 3.8) is 0 Å². The molecule has 0 unspecified atom stereocenters. The smallest absolute Gasteiger partial charge is 0.323 e. The molecule has 2 rings (SSSR count). The largest absolute Gasteiger partial charge is 0.480 e. The molecule has 100 valence electrons. The van der Waals surface area contributed by atoms with Gasteiger partial charge in [0, 0.05) is 36.4 Å². The molecule has 8 heteroatoms. The van der Waals surface area contributed by atoms with E-state index in [0.29, 0.717) is 6.54 Å². The summed E-state index contributed by atoms with van der Waals surface area (Å²) in [7, 11) is 0. The Kier molecular flexibility index (Phi) is 4.24. The van der Waals surface area contributed by atoms with Gasteiger partial charge in [0.15, 0.2) is 5.82 Å². The molecule has 0 aliphatic heterocycles. The van der Waals surface area contributed by atoms with Crippen LogP contribution in [0.15, 0.2) is 29.5 Å². The molecule has 0 saturated carbocycles. The average molecular weight is 280 g/mol. The molecule has 2 aromatic heterocycles. The topological polar surface area (TPSA) is 97.1 Å². The monoisotopic (exact) mass is 280 g/mol. The van der Waals surface area contributed by atoms with Gasteiger partial charge < -0.3 is 10.4 Å². The molecule has 0 amide bonds. The first-order chi connectivity index (χ1) is 9.16. The van der Waals surface area contributed by atoms with Gasteiger partial charge in [-0.25, -0.2) is 9.36 Å². The summed E-state index contributed by atoms with van der Waals surface area (Å²) in [5.41, 5.74) is -0.436. The Morgan fingerprint density at radius 1 is 1.47 bits per heavy atom. The second-order valence-corrected chi connectivity index (χ2v) is 4.68. The number of nitrogens with zero attached hydrogens (tertiary/aromatic N) is 3. The quantitative estimate of drug-likeness (QED) is 0.797. The maximum atomic E-state index is 11.9. The van der Waals surface area contributed by atoms with Gasteiger partial charge in [0.05, 0.1) is 0 Å². The average Bonchev–Trinajstić information content (AvgIpc) is 2.86. The molecule has 0 fully saturated rings. The maximum Gasteiger partial charge on any atom is 0.323 e. The van der Waals surface area contributed by atoms with E-state index in [4.69, 9.17) is 5.11 Å². The van der Waals surface area contributed by atoms with Crippen LogP contribution in [-0.2, 0) is 17.8 Å². The molecule has 2 N–H and O–H groups in total. The molecule has 2 aromatic rings. The lowest BCUT2D eigenvalue weighted by Gasteiger charge is -2.06. The standard InChI is InChI=1S/C11H12N4O3S/c16-9(17)7-15-6-5-13-10(11(15)18)12-3-1-8-2-4-14-19-8/h2,4-6H,1,3,7H2,(H,12,13)(H,16,17). The van der Waals surface area contributed by atoms with Crippen LogP contribution < -0.4 is 10.9 Å². The van der Waals surface area contributed by atoms with Crippen LogP contribution in [0.4, 0.5) is 5.82 Å². The number of rotatable bonds is 6. The van der Waals surface area contributed by atoms with Gasteiger partial charge in [0.1, 0.15) is 6.54 Å². The fourth-order valence-corrected chi connectivity index (χ4v) is 2.09. The molecule has 0 aliphatic carbocycles. The minimum Gasteiger partial charge on any atom is -0.480 e. The number of carbonyl (C=O) groups is 1. The second-order valence-electron chi connectivity index (χ2n) is 3.76. The van der Waals surface area contributed by atoms with Gasteiger partial charge in [0.25, 0.3) is 5.56 Å². The van der Waals surface area contributed by atoms with Crippen molar-refractivity contribution in [2.45, 2.75) is 13.0 Å². The van der Waals surface area contributed by atoms with Crippen molar-refractivity contribution in [3.8, 4) is 0 Å². The van der Waals surface area contributed by atoms with E-state index in [1.54, 1.807) is 6.20 Å². The highest BCUT2D eigenvalue weighted by molar-refractivity contribution is 7.05. The fourth-order valence-electron chi connectivity index (χ4n) is 1.51. The van der Waals surface area contributed by atoms with Crippen molar-refractivity contribution in [2.24, 2.45) is 0 Å². The zero-order valence-corrected chi connectivity index (χ0v) is 10.8. The Bertz CT molecular complexity index is 609. The number of carboxylic acids is 1. The predicted molar refractivity (Wildman–Crippen MR) is 70.4 cm³/mol. The van der Waals surface area contributed by atoms with Crippen LogP contribution >= 0.6 is 11.5 Å². The van der Waals surface area contributed by atoms with Gasteiger partial charge in [-0.2, -0.15) is 0 Å². The van der Waals surface area contributed by atoms with Gasteiger partial charge in [-0.3, -0.25) is 14.2 Å². The molecule has 2 heterocycles. The third-order valence-electron chi connectivity index (χ3n) is 2.37. The SMILES string of the molecule is O=C(O)Cn1ccnc(NCCc2ccns2)c1=O. The lowest BCUT2D eigenvalue weighted by atomic mass is 10.3. The molecule has 0 bridgehead atoms. The Morgan fingerprint density at radius 3 is 3.00 bits per heavy atom. The first-order valence-corrected chi connectivity index (χ1v) is 6.35. The summed E-state index contributed by atoms with van der Waals surface area (Å²) in [6, 6.07) is 1.91. The summed E-state index contributed by atoms with van der Waals surface area (Å²) < 4.78 is 5.08. The number of hydrogen-bond donors (Lipinski definition) is 2. The fraction of sp³-hybridized carbons (Fsp3) is 0.273. The van der Waals surface area contributed by atoms with Crippen LogP contribution in [0.2, 0.25) is 0 Å². The van der Waals surface area contributed by atoms with E-state index in [1.807, 2.05) is 6.07 Å². The zero-order valence-electron chi connectivity index (χ0n) is 9.94. The second kappa shape index (κ2) is 6.10. The molecule has 0 radical (unpaired) electrons. The molecular formula is C11H12N4O3S. The zero-order chi connectivity index (χ0) is 13.7. The molecule has 0 saturated heterocycles. The van der Waals surface area contributed by atoms with E-state index in [0.717, 1.165) is 15.9 Å². The van der Waals surface area contributed by atoms with Crippen LogP contribution in [-0.4, -0.2) is 31.5 Å². The van der Waals surface area contributed by atoms with Crippen molar-refractivity contribution in [2.75, 3.05) is 11.9 Å². The van der Waals surface area contributed by atoms with Crippen LogP contribution in [0.5, 0.6) is 0 Å². The highest BCUT2D eigenvalue weighted by Crippen LogP contribution is 2.05. The minimum atomic E-state index is -1.07. The number of nitrogens with one attached hydrogen (secondary N) is 1. The Hall–Kier alpha value is -2.22. The summed E-state index contributed by atoms with van der Waals surface area (Å²) in [5, 5.41) is 11.6. The summed E-state index contributed by atoms with van der Waals surface area (Å²) in [6.45, 7) is 0.173. The number of hydrogen-bond acceptors (Lipinski definition) is 6. The Morgan fingerprint density at radius 2 is 2.32 bits per heavy atom. The van der Waals surface area contributed by atoms with Crippen molar-refractivity contribution in [1.29, 1.82) is 0 Å². The third kappa shape index (κ3) is 3.62. The van der Waals surface area contributed by atoms with Gasteiger partial charge in [0.2, 0.25) is 0 Å². The molecular weight excluding hydrogens is 268 g/mol. The van der Waals surface area contributed by atoms with E-state index in [1.165, 1.54) is 23.9 Å². The van der Waals surface area contributed by atoms with Crippen LogP contribution in [0.3, 0.4) is 0 Å². The summed E-state index contributed by atoms with van der Waals surface area (Å²) in [6.07, 6.45) is 5.21. The maximum absolute atomic E-state index is 11.9. The molecule has 0 spiro atoms. The lowest BCUT2D eigenvalue weighted by Crippen LogP contribution is -2.27. The van der Waals surface area contributed by atoms with Crippen molar-refractivity contribution < 1.29 is 9.90 Å². The minimum absolute atomic E-state index is 0.160. The number of carboxylic acid groups (broad SMARTS) is 1. The van der Waals surface area contributed by atoms with Gasteiger partial charge in [-0.05, 0) is 17.6 Å². The molecule has 0 aliphatic rings. The van der Waals surface area contributed by atoms with Crippen molar-refractivity contribution >= 4 is 23.3 Å². The van der Waals surface area contributed by atoms with Crippen molar-refractivity contribution in [3.05, 3.63) is 39.9 Å². The van der Waals surface area contributed by atoms with Crippen LogP contribution in [0.1, 0.15) is 4.88 Å². The molecule has 0 aromatic carbocycles. The number of aliphatic carboxylic acids is 1. The molecule has 0 atom stereocenters. The van der Waals surface area contributed by atoms with Gasteiger partial charge in [-0.15, -0.1) is 0 Å². The summed E-state index contributed by atoms with van der Waals surface area (Å²) in [5.74, 6) is -0.905. The lowest BCUT2D eigenvalue weighted by molar-refractivity contribution is -0.137. The van der Waals surface area contributed by atoms with Gasteiger partial charge >= 0.3 is 5.97 Å². The molecule has 19 heavy (non-hydrogen) atoms. The summed E-state index contributed by atoms with van der Waals surface area (Å²) >= 11 is 1.40. The van der Waals surface area contributed by atoms with Crippen molar-refractivity contribution in [1.82, 2.24) is 13.9 Å². The highest BCUT2D eigenvalue weighted by atomic mass is 32.1. The predicted octanol–water partition coefficient (Wildman–Crippen LogP) is 0.439. The van der Waals surface area contributed by atoms with E-state index >= 15 is 0 Å². The van der Waals surface area contributed by atoms with Crippen LogP contribution in [0.25, 0.3) is 0 Å². The first kappa shape index (κ1) is 13.2. The van der Waals surface area contributed by atoms with E-state index in [-0.39, 0.29) is 12.4 Å². The number of aromatic nitrogens is 3. The molecule has 7 nitrogen and oxygen atoms in total. The number of anilines is 1. The van der Waals surface area contributed by atoms with E-state index < -0.39 is 11.5 Å². The normalized spacial score (nSPS) is 10.3. The Balaban J connectivity index is 2.00. The van der Waals surface area contributed by atoms with Crippen LogP contribution in [0, 0.1) is 0 Å². The highest BCUT2D eigenvalue weighted by Gasteiger charge is 2.07. The van der Waals surface area contributed by atoms with E-state index in [9.17, 15) is 9.59 Å².